The smallest absolute Gasteiger partial charge is 0.260 e. The van der Waals surface area contributed by atoms with Gasteiger partial charge in [-0.3, -0.25) is 9.69 Å². The molecule has 0 spiro atoms. The SMILES string of the molecule is Cc1ccc(Cl)c2sc(N(Cc3ccccc3)C(=O)c3cccc(S(=O)(=O)C(C)C)c3)nc12. The van der Waals surface area contributed by atoms with Crippen LogP contribution in [-0.2, 0) is 16.4 Å². The van der Waals surface area contributed by atoms with E-state index in [9.17, 15) is 13.2 Å². The molecule has 1 aromatic heterocycles. The minimum Gasteiger partial charge on any atom is -0.279 e. The Bertz CT molecular complexity index is 1390. The number of carbonyl (C=O) groups excluding carboxylic acids is 1. The van der Waals surface area contributed by atoms with Crippen LogP contribution in [0.3, 0.4) is 0 Å². The minimum atomic E-state index is -3.52. The molecular weight excluding hydrogens is 476 g/mol. The van der Waals surface area contributed by atoms with Crippen molar-refractivity contribution < 1.29 is 13.2 Å². The first-order chi connectivity index (χ1) is 15.7. The number of anilines is 1. The molecule has 5 nitrogen and oxygen atoms in total. The van der Waals surface area contributed by atoms with Gasteiger partial charge in [0, 0.05) is 5.56 Å². The fraction of sp³-hybridized carbons (Fsp3) is 0.200. The monoisotopic (exact) mass is 498 g/mol. The molecule has 4 rings (SSSR count). The van der Waals surface area contributed by atoms with E-state index in [1.807, 2.05) is 49.4 Å². The molecule has 8 heteroatoms. The summed E-state index contributed by atoms with van der Waals surface area (Å²) in [6, 6.07) is 19.5. The fourth-order valence-electron chi connectivity index (χ4n) is 3.43. The summed E-state index contributed by atoms with van der Waals surface area (Å²) in [6.45, 7) is 5.49. The van der Waals surface area contributed by atoms with Crippen LogP contribution < -0.4 is 4.90 Å². The number of hydrogen-bond donors (Lipinski definition) is 0. The van der Waals surface area contributed by atoms with Crippen molar-refractivity contribution in [3.05, 3.63) is 88.4 Å². The third-order valence-corrected chi connectivity index (χ3v) is 9.07. The predicted octanol–water partition coefficient (Wildman–Crippen LogP) is 6.29. The molecule has 0 bridgehead atoms. The van der Waals surface area contributed by atoms with Crippen molar-refractivity contribution >= 4 is 54.0 Å². The van der Waals surface area contributed by atoms with Gasteiger partial charge < -0.3 is 0 Å². The summed E-state index contributed by atoms with van der Waals surface area (Å²) in [6.07, 6.45) is 0. The van der Waals surface area contributed by atoms with Crippen LogP contribution in [0.15, 0.2) is 71.6 Å². The second kappa shape index (κ2) is 9.25. The second-order valence-corrected chi connectivity index (χ2v) is 11.9. The van der Waals surface area contributed by atoms with Crippen molar-refractivity contribution in [1.82, 2.24) is 4.98 Å². The molecule has 0 unspecified atom stereocenters. The quantitative estimate of drug-likeness (QED) is 0.313. The summed E-state index contributed by atoms with van der Waals surface area (Å²) in [7, 11) is -3.52. The standard InChI is InChI=1S/C25H23ClN2O3S2/c1-16(2)33(30,31)20-11-7-10-19(14-20)24(29)28(15-18-8-5-4-6-9-18)25-27-22-17(3)12-13-21(26)23(22)32-25/h4-14,16H,15H2,1-3H3. The van der Waals surface area contributed by atoms with Gasteiger partial charge in [0.1, 0.15) is 0 Å². The summed E-state index contributed by atoms with van der Waals surface area (Å²) in [4.78, 5) is 20.2. The molecule has 1 amide bonds. The van der Waals surface area contributed by atoms with Crippen LogP contribution >= 0.6 is 22.9 Å². The summed E-state index contributed by atoms with van der Waals surface area (Å²) >= 11 is 7.75. The number of rotatable bonds is 6. The van der Waals surface area contributed by atoms with Gasteiger partial charge in [-0.05, 0) is 56.2 Å². The second-order valence-electron chi connectivity index (χ2n) is 8.04. The average Bonchev–Trinajstić information content (AvgIpc) is 3.27. The van der Waals surface area contributed by atoms with Crippen molar-refractivity contribution in [2.24, 2.45) is 0 Å². The summed E-state index contributed by atoms with van der Waals surface area (Å²) < 4.78 is 26.2. The number of benzene rings is 3. The molecule has 0 radical (unpaired) electrons. The number of thiazole rings is 1. The maximum Gasteiger partial charge on any atom is 0.260 e. The van der Waals surface area contributed by atoms with Crippen LogP contribution in [0, 0.1) is 6.92 Å². The van der Waals surface area contributed by atoms with Crippen LogP contribution in [0.4, 0.5) is 5.13 Å². The first kappa shape index (κ1) is 23.4. The number of fused-ring (bicyclic) bond motifs is 1. The molecule has 170 valence electrons. The van der Waals surface area contributed by atoms with Crippen LogP contribution in [-0.4, -0.2) is 24.6 Å². The lowest BCUT2D eigenvalue weighted by Gasteiger charge is -2.20. The maximum absolute atomic E-state index is 13.7. The molecule has 1 heterocycles. The Kier molecular flexibility index (Phi) is 6.56. The third kappa shape index (κ3) is 4.67. The Labute approximate surface area is 202 Å². The van der Waals surface area contributed by atoms with Crippen molar-refractivity contribution in [1.29, 1.82) is 0 Å². The van der Waals surface area contributed by atoms with Crippen molar-refractivity contribution in [2.75, 3.05) is 4.90 Å². The third-order valence-electron chi connectivity index (χ3n) is 5.38. The normalized spacial score (nSPS) is 11.8. The van der Waals surface area contributed by atoms with Gasteiger partial charge in [0.25, 0.3) is 5.91 Å². The molecule has 3 aromatic carbocycles. The van der Waals surface area contributed by atoms with Crippen molar-refractivity contribution in [3.63, 3.8) is 0 Å². The van der Waals surface area contributed by atoms with Gasteiger partial charge >= 0.3 is 0 Å². The largest absolute Gasteiger partial charge is 0.279 e. The van der Waals surface area contributed by atoms with E-state index in [0.29, 0.717) is 10.2 Å². The Morgan fingerprint density at radius 1 is 1.06 bits per heavy atom. The molecule has 0 aliphatic carbocycles. The van der Waals surface area contributed by atoms with E-state index >= 15 is 0 Å². The number of aromatic nitrogens is 1. The number of carbonyl (C=O) groups is 1. The summed E-state index contributed by atoms with van der Waals surface area (Å²) in [5.41, 5.74) is 2.94. The van der Waals surface area contributed by atoms with Gasteiger partial charge in [-0.25, -0.2) is 13.4 Å². The van der Waals surface area contributed by atoms with Crippen molar-refractivity contribution in [2.45, 2.75) is 37.5 Å². The molecule has 0 saturated heterocycles. The highest BCUT2D eigenvalue weighted by Crippen LogP contribution is 2.36. The molecule has 33 heavy (non-hydrogen) atoms. The summed E-state index contributed by atoms with van der Waals surface area (Å²) in [5, 5.41) is 0.501. The van der Waals surface area contributed by atoms with E-state index in [-0.39, 0.29) is 22.9 Å². The lowest BCUT2D eigenvalue weighted by molar-refractivity contribution is 0.0985. The van der Waals surface area contributed by atoms with Gasteiger partial charge in [0.05, 0.1) is 31.9 Å². The Balaban J connectivity index is 1.82. The van der Waals surface area contributed by atoms with E-state index in [4.69, 9.17) is 16.6 Å². The maximum atomic E-state index is 13.7. The van der Waals surface area contributed by atoms with E-state index in [0.717, 1.165) is 21.3 Å². The molecule has 0 aliphatic rings. The first-order valence-electron chi connectivity index (χ1n) is 10.4. The van der Waals surface area contributed by atoms with E-state index < -0.39 is 15.1 Å². The van der Waals surface area contributed by atoms with E-state index in [1.54, 1.807) is 30.9 Å². The van der Waals surface area contributed by atoms with Gasteiger partial charge in [-0.15, -0.1) is 0 Å². The highest BCUT2D eigenvalue weighted by molar-refractivity contribution is 7.92. The minimum absolute atomic E-state index is 0.131. The van der Waals surface area contributed by atoms with Gasteiger partial charge in [-0.2, -0.15) is 0 Å². The van der Waals surface area contributed by atoms with E-state index in [2.05, 4.69) is 0 Å². The molecular formula is C25H23ClN2O3S2. The number of sulfone groups is 1. The number of aryl methyl sites for hydroxylation is 1. The Morgan fingerprint density at radius 3 is 2.45 bits per heavy atom. The highest BCUT2D eigenvalue weighted by atomic mass is 35.5. The number of amides is 1. The summed E-state index contributed by atoms with van der Waals surface area (Å²) in [5.74, 6) is -0.326. The number of nitrogens with zero attached hydrogens (tertiary/aromatic N) is 2. The lowest BCUT2D eigenvalue weighted by atomic mass is 10.1. The predicted molar refractivity (Wildman–Crippen MR) is 135 cm³/mol. The van der Waals surface area contributed by atoms with Gasteiger partial charge in [-0.1, -0.05) is 65.4 Å². The zero-order valence-electron chi connectivity index (χ0n) is 18.4. The molecule has 0 N–H and O–H groups in total. The molecule has 0 atom stereocenters. The van der Waals surface area contributed by atoms with Gasteiger partial charge in [0.15, 0.2) is 15.0 Å². The number of halogens is 1. The lowest BCUT2D eigenvalue weighted by Crippen LogP contribution is -2.30. The molecule has 0 saturated carbocycles. The van der Waals surface area contributed by atoms with Crippen molar-refractivity contribution in [3.8, 4) is 0 Å². The zero-order chi connectivity index (χ0) is 23.8. The van der Waals surface area contributed by atoms with Crippen LogP contribution in [0.2, 0.25) is 5.02 Å². The van der Waals surface area contributed by atoms with Crippen LogP contribution in [0.1, 0.15) is 35.3 Å². The Hall–Kier alpha value is -2.74. The number of hydrogen-bond acceptors (Lipinski definition) is 5. The first-order valence-corrected chi connectivity index (χ1v) is 13.2. The molecule has 4 aromatic rings. The molecule has 0 aliphatic heterocycles. The van der Waals surface area contributed by atoms with Crippen LogP contribution in [0.25, 0.3) is 10.2 Å². The highest BCUT2D eigenvalue weighted by Gasteiger charge is 2.25. The van der Waals surface area contributed by atoms with Crippen LogP contribution in [0.5, 0.6) is 0 Å². The fourth-order valence-corrected chi connectivity index (χ4v) is 5.85. The average molecular weight is 499 g/mol. The topological polar surface area (TPSA) is 67.3 Å². The van der Waals surface area contributed by atoms with Gasteiger partial charge in [0.2, 0.25) is 0 Å². The molecule has 0 fully saturated rings. The zero-order valence-corrected chi connectivity index (χ0v) is 20.8. The van der Waals surface area contributed by atoms with E-state index in [1.165, 1.54) is 23.5 Å². The Morgan fingerprint density at radius 2 is 1.79 bits per heavy atom.